The maximum absolute atomic E-state index is 12.3. The number of likely N-dealkylation sites (N-methyl/N-ethyl adjacent to an activating group) is 1. The zero-order valence-electron chi connectivity index (χ0n) is 15.2. The largest absolute Gasteiger partial charge is 0.441 e. The third-order valence-corrected chi connectivity index (χ3v) is 5.05. The van der Waals surface area contributed by atoms with Crippen LogP contribution in [0.4, 0.5) is 4.79 Å². The second kappa shape index (κ2) is 7.66. The van der Waals surface area contributed by atoms with Crippen molar-refractivity contribution in [1.82, 2.24) is 15.1 Å². The predicted molar refractivity (Wildman–Crippen MR) is 95.5 cm³/mol. The fourth-order valence-electron chi connectivity index (χ4n) is 3.51. The highest BCUT2D eigenvalue weighted by Gasteiger charge is 2.46. The number of hydrogen-bond acceptors (Lipinski definition) is 5. The van der Waals surface area contributed by atoms with Crippen LogP contribution in [0.5, 0.6) is 0 Å². The summed E-state index contributed by atoms with van der Waals surface area (Å²) in [6.45, 7) is 1.61. The summed E-state index contributed by atoms with van der Waals surface area (Å²) in [7, 11) is 1.69. The highest BCUT2D eigenvalue weighted by Crippen LogP contribution is 2.32. The summed E-state index contributed by atoms with van der Waals surface area (Å²) >= 11 is 0. The van der Waals surface area contributed by atoms with Crippen LogP contribution >= 0.6 is 0 Å². The van der Waals surface area contributed by atoms with E-state index in [1.807, 2.05) is 6.07 Å². The van der Waals surface area contributed by atoms with Gasteiger partial charge in [0.1, 0.15) is 5.60 Å². The number of carbonyl (C=O) groups excluding carboxylic acids is 3. The number of amides is 3. The van der Waals surface area contributed by atoms with Gasteiger partial charge in [0.2, 0.25) is 0 Å². The first-order valence-corrected chi connectivity index (χ1v) is 8.93. The molecule has 2 saturated heterocycles. The van der Waals surface area contributed by atoms with Crippen LogP contribution in [0.2, 0.25) is 0 Å². The molecule has 142 valence electrons. The number of carbonyl (C=O) groups is 3. The van der Waals surface area contributed by atoms with Gasteiger partial charge in [-0.05, 0) is 24.1 Å². The van der Waals surface area contributed by atoms with Crippen LogP contribution < -0.4 is 5.32 Å². The minimum Gasteiger partial charge on any atom is -0.441 e. The Morgan fingerprint density at radius 1 is 1.33 bits per heavy atom. The number of nitrogens with one attached hydrogen (secondary N) is 1. The molecule has 3 amide bonds. The number of benzene rings is 1. The quantitative estimate of drug-likeness (QED) is 0.788. The minimum atomic E-state index is -0.636. The molecular weight excluding hydrogens is 348 g/mol. The number of piperidine rings is 1. The van der Waals surface area contributed by atoms with Gasteiger partial charge in [-0.2, -0.15) is 5.26 Å². The molecule has 8 heteroatoms. The van der Waals surface area contributed by atoms with Gasteiger partial charge in [-0.1, -0.05) is 12.1 Å². The molecule has 0 aliphatic carbocycles. The Kier molecular flexibility index (Phi) is 5.31. The molecule has 2 aliphatic heterocycles. The molecule has 2 aliphatic rings. The van der Waals surface area contributed by atoms with E-state index in [0.717, 1.165) is 5.56 Å². The van der Waals surface area contributed by atoms with E-state index >= 15 is 0 Å². The molecule has 8 nitrogen and oxygen atoms in total. The zero-order valence-corrected chi connectivity index (χ0v) is 15.2. The molecule has 2 fully saturated rings. The molecule has 0 atom stereocenters. The van der Waals surface area contributed by atoms with Crippen molar-refractivity contribution in [3.05, 3.63) is 35.4 Å². The summed E-state index contributed by atoms with van der Waals surface area (Å²) in [6.07, 6.45) is 1.26. The van der Waals surface area contributed by atoms with Crippen molar-refractivity contribution < 1.29 is 19.1 Å². The molecule has 27 heavy (non-hydrogen) atoms. The van der Waals surface area contributed by atoms with Crippen molar-refractivity contribution in [2.75, 3.05) is 33.2 Å². The average Bonchev–Trinajstić information content (AvgIpc) is 2.95. The minimum absolute atomic E-state index is 0.319. The number of nitrogens with zero attached hydrogens (tertiary/aromatic N) is 3. The maximum atomic E-state index is 12.3. The van der Waals surface area contributed by atoms with Gasteiger partial charge >= 0.3 is 17.9 Å². The fourth-order valence-corrected chi connectivity index (χ4v) is 3.51. The Morgan fingerprint density at radius 2 is 2.07 bits per heavy atom. The van der Waals surface area contributed by atoms with Crippen LogP contribution in [0, 0.1) is 11.3 Å². The first-order chi connectivity index (χ1) is 12.9. The van der Waals surface area contributed by atoms with E-state index in [1.165, 1.54) is 9.80 Å². The van der Waals surface area contributed by atoms with Crippen LogP contribution in [-0.2, 0) is 20.7 Å². The number of nitriles is 1. The highest BCUT2D eigenvalue weighted by atomic mass is 16.6. The molecule has 0 radical (unpaired) electrons. The lowest BCUT2D eigenvalue weighted by Crippen LogP contribution is -2.52. The van der Waals surface area contributed by atoms with E-state index in [4.69, 9.17) is 10.00 Å². The lowest BCUT2D eigenvalue weighted by Gasteiger charge is -2.36. The van der Waals surface area contributed by atoms with Crippen molar-refractivity contribution >= 4 is 17.9 Å². The zero-order chi connectivity index (χ0) is 19.4. The topological polar surface area (TPSA) is 103 Å². The van der Waals surface area contributed by atoms with Crippen LogP contribution in [0.3, 0.4) is 0 Å². The molecule has 0 saturated carbocycles. The SMILES string of the molecule is CN1CC2(CCN(C(=O)C(=O)NCCc3cccc(C#N)c3)CC2)OC1=O. The van der Waals surface area contributed by atoms with Crippen molar-refractivity contribution in [3.63, 3.8) is 0 Å². The summed E-state index contributed by atoms with van der Waals surface area (Å²) < 4.78 is 5.45. The second-order valence-corrected chi connectivity index (χ2v) is 7.02. The Morgan fingerprint density at radius 3 is 2.70 bits per heavy atom. The number of ether oxygens (including phenoxy) is 1. The molecule has 1 aromatic rings. The van der Waals surface area contributed by atoms with Crippen molar-refractivity contribution in [1.29, 1.82) is 5.26 Å². The number of rotatable bonds is 3. The van der Waals surface area contributed by atoms with Crippen LogP contribution in [0.25, 0.3) is 0 Å². The number of hydrogen-bond donors (Lipinski definition) is 1. The lowest BCUT2D eigenvalue weighted by atomic mass is 9.91. The molecule has 0 bridgehead atoms. The third-order valence-electron chi connectivity index (χ3n) is 5.05. The van der Waals surface area contributed by atoms with E-state index in [9.17, 15) is 14.4 Å². The van der Waals surface area contributed by atoms with Crippen LogP contribution in [0.15, 0.2) is 24.3 Å². The average molecular weight is 370 g/mol. The molecule has 1 spiro atoms. The van der Waals surface area contributed by atoms with Crippen LogP contribution in [0.1, 0.15) is 24.0 Å². The smallest absolute Gasteiger partial charge is 0.410 e. The predicted octanol–water partition coefficient (Wildman–Crippen LogP) is 0.660. The second-order valence-electron chi connectivity index (χ2n) is 7.02. The van der Waals surface area contributed by atoms with E-state index in [0.29, 0.717) is 51.0 Å². The van der Waals surface area contributed by atoms with Crippen molar-refractivity contribution in [3.8, 4) is 6.07 Å². The van der Waals surface area contributed by atoms with E-state index in [1.54, 1.807) is 25.2 Å². The summed E-state index contributed by atoms with van der Waals surface area (Å²) in [5.41, 5.74) is 0.953. The number of likely N-dealkylation sites (tertiary alicyclic amines) is 1. The van der Waals surface area contributed by atoms with Gasteiger partial charge in [-0.25, -0.2) is 4.79 Å². The third kappa shape index (κ3) is 4.19. The Hall–Kier alpha value is -3.08. The molecule has 1 aromatic carbocycles. The molecule has 2 heterocycles. The molecule has 0 aromatic heterocycles. The Bertz CT molecular complexity index is 793. The molecular formula is C19H22N4O4. The fraction of sp³-hybridized carbons (Fsp3) is 0.474. The Labute approximate surface area is 157 Å². The first-order valence-electron chi connectivity index (χ1n) is 8.93. The normalized spacial score (nSPS) is 18.1. The Balaban J connectivity index is 1.45. The van der Waals surface area contributed by atoms with Gasteiger partial charge in [0, 0.05) is 39.5 Å². The highest BCUT2D eigenvalue weighted by molar-refractivity contribution is 6.35. The van der Waals surface area contributed by atoms with E-state index < -0.39 is 17.4 Å². The first kappa shape index (κ1) is 18.7. The van der Waals surface area contributed by atoms with Gasteiger partial charge in [-0.15, -0.1) is 0 Å². The van der Waals surface area contributed by atoms with Crippen LogP contribution in [-0.4, -0.2) is 66.5 Å². The summed E-state index contributed by atoms with van der Waals surface area (Å²) in [6, 6.07) is 9.21. The van der Waals surface area contributed by atoms with E-state index in [2.05, 4.69) is 11.4 Å². The van der Waals surface area contributed by atoms with Gasteiger partial charge in [0.05, 0.1) is 18.2 Å². The van der Waals surface area contributed by atoms with Gasteiger partial charge < -0.3 is 19.9 Å². The lowest BCUT2D eigenvalue weighted by molar-refractivity contribution is -0.148. The molecule has 3 rings (SSSR count). The summed E-state index contributed by atoms with van der Waals surface area (Å²) in [4.78, 5) is 39.1. The van der Waals surface area contributed by atoms with Gasteiger partial charge in [0.15, 0.2) is 0 Å². The van der Waals surface area contributed by atoms with Crippen molar-refractivity contribution in [2.24, 2.45) is 0 Å². The maximum Gasteiger partial charge on any atom is 0.410 e. The molecule has 0 unspecified atom stereocenters. The summed E-state index contributed by atoms with van der Waals surface area (Å²) in [5.74, 6) is -1.20. The summed E-state index contributed by atoms with van der Waals surface area (Å²) in [5, 5.41) is 11.5. The monoisotopic (exact) mass is 370 g/mol. The molecule has 1 N–H and O–H groups in total. The van der Waals surface area contributed by atoms with Crippen molar-refractivity contribution in [2.45, 2.75) is 24.9 Å². The standard InChI is InChI=1S/C19H22N4O4/c1-22-13-19(27-18(22)26)6-9-23(10-7-19)17(25)16(24)21-8-5-14-3-2-4-15(11-14)12-20/h2-4,11H,5-10,13H2,1H3,(H,21,24). The van der Waals surface area contributed by atoms with Gasteiger partial charge in [0.25, 0.3) is 0 Å². The van der Waals surface area contributed by atoms with Gasteiger partial charge in [-0.3, -0.25) is 9.59 Å². The van der Waals surface area contributed by atoms with E-state index in [-0.39, 0.29) is 6.09 Å².